The van der Waals surface area contributed by atoms with Gasteiger partial charge in [0.1, 0.15) is 5.75 Å². The van der Waals surface area contributed by atoms with Gasteiger partial charge in [0.15, 0.2) is 0 Å². The van der Waals surface area contributed by atoms with Crippen molar-refractivity contribution in [1.82, 2.24) is 0 Å². The third-order valence-electron chi connectivity index (χ3n) is 3.51. The molecule has 2 heteroatoms. The van der Waals surface area contributed by atoms with Crippen LogP contribution in [-0.2, 0) is 0 Å². The summed E-state index contributed by atoms with van der Waals surface area (Å²) in [5, 5.41) is 13.0. The Morgan fingerprint density at radius 1 is 1.31 bits per heavy atom. The Bertz CT molecular complexity index is 362. The van der Waals surface area contributed by atoms with Crippen LogP contribution >= 0.6 is 0 Å². The third kappa shape index (κ3) is 2.69. The minimum Gasteiger partial charge on any atom is -0.508 e. The maximum Gasteiger partial charge on any atom is 0.115 e. The molecule has 0 radical (unpaired) electrons. The molecular formula is C14H21NO. The molecule has 1 fully saturated rings. The number of benzene rings is 1. The SMILES string of the molecule is Cc1cc(O)ccc1NC1CCCC(C)C1. The molecule has 88 valence electrons. The molecule has 2 unspecified atom stereocenters. The first-order valence-corrected chi connectivity index (χ1v) is 6.21. The minimum atomic E-state index is 0.347. The molecule has 1 aromatic carbocycles. The fraction of sp³-hybridized carbons (Fsp3) is 0.571. The zero-order chi connectivity index (χ0) is 11.5. The van der Waals surface area contributed by atoms with E-state index >= 15 is 0 Å². The second-order valence-corrected chi connectivity index (χ2v) is 5.11. The summed E-state index contributed by atoms with van der Waals surface area (Å²) in [6, 6.07) is 6.15. The van der Waals surface area contributed by atoms with Crippen LogP contribution in [0.15, 0.2) is 18.2 Å². The summed E-state index contributed by atoms with van der Waals surface area (Å²) < 4.78 is 0. The zero-order valence-corrected chi connectivity index (χ0v) is 10.2. The molecule has 0 aliphatic heterocycles. The van der Waals surface area contributed by atoms with Crippen LogP contribution in [-0.4, -0.2) is 11.1 Å². The number of nitrogens with one attached hydrogen (secondary N) is 1. The Labute approximate surface area is 97.7 Å². The lowest BCUT2D eigenvalue weighted by Crippen LogP contribution is -2.26. The van der Waals surface area contributed by atoms with Gasteiger partial charge in [0, 0.05) is 11.7 Å². The highest BCUT2D eigenvalue weighted by atomic mass is 16.3. The van der Waals surface area contributed by atoms with Crippen LogP contribution in [0.25, 0.3) is 0 Å². The number of phenolic OH excluding ortho intramolecular Hbond substituents is 1. The smallest absolute Gasteiger partial charge is 0.115 e. The lowest BCUT2D eigenvalue weighted by Gasteiger charge is -2.28. The standard InChI is InChI=1S/C14H21NO/c1-10-4-3-5-12(8-10)15-14-7-6-13(16)9-11(14)2/h6-7,9-10,12,15-16H,3-5,8H2,1-2H3. The summed E-state index contributed by atoms with van der Waals surface area (Å²) in [5.41, 5.74) is 2.29. The highest BCUT2D eigenvalue weighted by Gasteiger charge is 2.18. The van der Waals surface area contributed by atoms with Gasteiger partial charge >= 0.3 is 0 Å². The van der Waals surface area contributed by atoms with E-state index in [2.05, 4.69) is 12.2 Å². The van der Waals surface area contributed by atoms with E-state index < -0.39 is 0 Å². The van der Waals surface area contributed by atoms with E-state index in [4.69, 9.17) is 0 Å². The molecule has 2 nitrogen and oxygen atoms in total. The number of phenols is 1. The molecule has 16 heavy (non-hydrogen) atoms. The number of anilines is 1. The molecule has 1 aromatic rings. The summed E-state index contributed by atoms with van der Waals surface area (Å²) >= 11 is 0. The van der Waals surface area contributed by atoms with E-state index in [0.717, 1.165) is 17.2 Å². The summed E-state index contributed by atoms with van der Waals surface area (Å²) in [6.07, 6.45) is 5.23. The van der Waals surface area contributed by atoms with E-state index in [1.165, 1.54) is 25.7 Å². The first-order chi connectivity index (χ1) is 7.65. The highest BCUT2D eigenvalue weighted by Crippen LogP contribution is 2.28. The Morgan fingerprint density at radius 3 is 2.81 bits per heavy atom. The first-order valence-electron chi connectivity index (χ1n) is 6.21. The number of aromatic hydroxyl groups is 1. The van der Waals surface area contributed by atoms with Crippen LogP contribution in [0.2, 0.25) is 0 Å². The Morgan fingerprint density at radius 2 is 2.12 bits per heavy atom. The molecule has 1 aliphatic carbocycles. The van der Waals surface area contributed by atoms with Crippen molar-refractivity contribution < 1.29 is 5.11 Å². The molecule has 0 aromatic heterocycles. The van der Waals surface area contributed by atoms with Gasteiger partial charge in [0.25, 0.3) is 0 Å². The number of hydrogen-bond donors (Lipinski definition) is 2. The number of rotatable bonds is 2. The molecule has 0 bridgehead atoms. The van der Waals surface area contributed by atoms with Crippen LogP contribution in [0.1, 0.15) is 38.2 Å². The second kappa shape index (κ2) is 4.77. The van der Waals surface area contributed by atoms with Crippen LogP contribution in [0.3, 0.4) is 0 Å². The topological polar surface area (TPSA) is 32.3 Å². The van der Waals surface area contributed by atoms with Crippen LogP contribution in [0.4, 0.5) is 5.69 Å². The third-order valence-corrected chi connectivity index (χ3v) is 3.51. The molecule has 2 atom stereocenters. The van der Waals surface area contributed by atoms with Crippen LogP contribution < -0.4 is 5.32 Å². The van der Waals surface area contributed by atoms with Gasteiger partial charge in [-0.15, -0.1) is 0 Å². The molecule has 1 aliphatic rings. The Hall–Kier alpha value is -1.18. The predicted molar refractivity (Wildman–Crippen MR) is 67.9 cm³/mol. The van der Waals surface area contributed by atoms with Crippen molar-refractivity contribution in [2.75, 3.05) is 5.32 Å². The van der Waals surface area contributed by atoms with Gasteiger partial charge in [-0.2, -0.15) is 0 Å². The van der Waals surface area contributed by atoms with Gasteiger partial charge in [-0.25, -0.2) is 0 Å². The quantitative estimate of drug-likeness (QED) is 0.743. The highest BCUT2D eigenvalue weighted by molar-refractivity contribution is 5.53. The van der Waals surface area contributed by atoms with Gasteiger partial charge < -0.3 is 10.4 Å². The van der Waals surface area contributed by atoms with Crippen molar-refractivity contribution in [2.45, 2.75) is 45.6 Å². The monoisotopic (exact) mass is 219 g/mol. The predicted octanol–water partition coefficient (Wildman–Crippen LogP) is 3.69. The van der Waals surface area contributed by atoms with E-state index in [-0.39, 0.29) is 0 Å². The summed E-state index contributed by atoms with van der Waals surface area (Å²) in [5.74, 6) is 1.18. The Kier molecular flexibility index (Phi) is 3.37. The van der Waals surface area contributed by atoms with E-state index in [1.54, 1.807) is 6.07 Å². The molecule has 0 heterocycles. The van der Waals surface area contributed by atoms with Crippen molar-refractivity contribution >= 4 is 5.69 Å². The normalized spacial score (nSPS) is 25.4. The fourth-order valence-electron chi connectivity index (χ4n) is 2.59. The number of aryl methyl sites for hydroxylation is 1. The molecule has 2 N–H and O–H groups in total. The molecule has 1 saturated carbocycles. The van der Waals surface area contributed by atoms with Crippen molar-refractivity contribution in [3.05, 3.63) is 23.8 Å². The molecule has 0 amide bonds. The maximum absolute atomic E-state index is 9.36. The van der Waals surface area contributed by atoms with Crippen molar-refractivity contribution in [2.24, 2.45) is 5.92 Å². The van der Waals surface area contributed by atoms with Crippen LogP contribution in [0.5, 0.6) is 5.75 Å². The zero-order valence-electron chi connectivity index (χ0n) is 10.2. The van der Waals surface area contributed by atoms with Crippen molar-refractivity contribution in [1.29, 1.82) is 0 Å². The van der Waals surface area contributed by atoms with E-state index in [1.807, 2.05) is 19.1 Å². The summed E-state index contributed by atoms with van der Waals surface area (Å²) in [4.78, 5) is 0. The number of hydrogen-bond acceptors (Lipinski definition) is 2. The van der Waals surface area contributed by atoms with E-state index in [9.17, 15) is 5.11 Å². The molecule has 2 rings (SSSR count). The van der Waals surface area contributed by atoms with Gasteiger partial charge in [0.05, 0.1) is 0 Å². The maximum atomic E-state index is 9.36. The molecule has 0 spiro atoms. The second-order valence-electron chi connectivity index (χ2n) is 5.11. The minimum absolute atomic E-state index is 0.347. The first kappa shape index (κ1) is 11.3. The van der Waals surface area contributed by atoms with Gasteiger partial charge in [-0.05, 0) is 49.4 Å². The lowest BCUT2D eigenvalue weighted by atomic mass is 9.87. The largest absolute Gasteiger partial charge is 0.508 e. The van der Waals surface area contributed by atoms with E-state index in [0.29, 0.717) is 11.8 Å². The average Bonchev–Trinajstić information content (AvgIpc) is 2.22. The summed E-state index contributed by atoms with van der Waals surface area (Å²) in [7, 11) is 0. The van der Waals surface area contributed by atoms with Gasteiger partial charge in [-0.1, -0.05) is 19.8 Å². The van der Waals surface area contributed by atoms with Crippen molar-refractivity contribution in [3.63, 3.8) is 0 Å². The lowest BCUT2D eigenvalue weighted by molar-refractivity contribution is 0.358. The van der Waals surface area contributed by atoms with Gasteiger partial charge in [-0.3, -0.25) is 0 Å². The van der Waals surface area contributed by atoms with Crippen LogP contribution in [0, 0.1) is 12.8 Å². The fourth-order valence-corrected chi connectivity index (χ4v) is 2.59. The molecule has 0 saturated heterocycles. The average molecular weight is 219 g/mol. The Balaban J connectivity index is 2.02. The van der Waals surface area contributed by atoms with Crippen molar-refractivity contribution in [3.8, 4) is 5.75 Å². The van der Waals surface area contributed by atoms with Gasteiger partial charge in [0.2, 0.25) is 0 Å². The summed E-state index contributed by atoms with van der Waals surface area (Å²) in [6.45, 7) is 4.37. The molecular weight excluding hydrogens is 198 g/mol.